The van der Waals surface area contributed by atoms with Gasteiger partial charge in [0.05, 0.1) is 0 Å². The lowest BCUT2D eigenvalue weighted by atomic mass is 10.2. The van der Waals surface area contributed by atoms with Gasteiger partial charge in [0.2, 0.25) is 5.88 Å². The number of nitrogens with zero attached hydrogens (tertiary/aromatic N) is 5. The van der Waals surface area contributed by atoms with E-state index in [1.165, 1.54) is 12.8 Å². The van der Waals surface area contributed by atoms with Crippen molar-refractivity contribution in [2.45, 2.75) is 38.3 Å². The van der Waals surface area contributed by atoms with Crippen molar-refractivity contribution in [3.8, 4) is 5.88 Å². The Morgan fingerprint density at radius 1 is 1.07 bits per heavy atom. The quantitative estimate of drug-likeness (QED) is 0.370. The van der Waals surface area contributed by atoms with E-state index in [2.05, 4.69) is 42.2 Å². The van der Waals surface area contributed by atoms with Gasteiger partial charge in [-0.25, -0.2) is 9.97 Å². The van der Waals surface area contributed by atoms with E-state index in [-0.39, 0.29) is 24.0 Å². The molecule has 162 valence electrons. The Balaban J connectivity index is 0.00000256. The summed E-state index contributed by atoms with van der Waals surface area (Å²) in [7, 11) is 1.84. The van der Waals surface area contributed by atoms with E-state index >= 15 is 0 Å². The molecule has 2 aliphatic rings. The highest BCUT2D eigenvalue weighted by Crippen LogP contribution is 2.25. The topological polar surface area (TPSA) is 65.9 Å². The fourth-order valence-corrected chi connectivity index (χ4v) is 4.02. The van der Waals surface area contributed by atoms with Crippen LogP contribution in [0.15, 0.2) is 47.7 Å². The Bertz CT molecular complexity index is 804. The number of hydrogen-bond acceptors (Lipinski definition) is 5. The fourth-order valence-electron chi connectivity index (χ4n) is 4.02. The van der Waals surface area contributed by atoms with E-state index < -0.39 is 0 Å². The Kier molecular flexibility index (Phi) is 8.53. The molecule has 2 aromatic rings. The zero-order valence-electron chi connectivity index (χ0n) is 17.5. The summed E-state index contributed by atoms with van der Waals surface area (Å²) in [6.45, 7) is 4.34. The second-order valence-electron chi connectivity index (χ2n) is 7.55. The van der Waals surface area contributed by atoms with E-state index in [0.29, 0.717) is 12.6 Å². The van der Waals surface area contributed by atoms with Crippen molar-refractivity contribution >= 4 is 35.8 Å². The van der Waals surface area contributed by atoms with Gasteiger partial charge in [0.1, 0.15) is 11.9 Å². The van der Waals surface area contributed by atoms with Crippen LogP contribution in [0.1, 0.15) is 31.2 Å². The van der Waals surface area contributed by atoms with E-state index in [1.807, 2.05) is 31.4 Å². The molecule has 30 heavy (non-hydrogen) atoms. The highest BCUT2D eigenvalue weighted by atomic mass is 127. The minimum absolute atomic E-state index is 0. The highest BCUT2D eigenvalue weighted by molar-refractivity contribution is 14.0. The van der Waals surface area contributed by atoms with E-state index in [4.69, 9.17) is 4.74 Å². The van der Waals surface area contributed by atoms with Gasteiger partial charge in [-0.3, -0.25) is 4.99 Å². The van der Waals surface area contributed by atoms with Gasteiger partial charge in [0, 0.05) is 57.7 Å². The van der Waals surface area contributed by atoms with Crippen LogP contribution in [0.4, 0.5) is 5.82 Å². The number of aliphatic imine (C=N–C) groups is 1. The number of guanidine groups is 1. The Labute approximate surface area is 196 Å². The number of ether oxygens (including phenoxy) is 1. The molecular weight excluding hydrogens is 491 g/mol. The maximum absolute atomic E-state index is 6.16. The van der Waals surface area contributed by atoms with Gasteiger partial charge in [0.15, 0.2) is 5.96 Å². The minimum atomic E-state index is 0. The molecule has 0 unspecified atom stereocenters. The smallest absolute Gasteiger partial charge is 0.218 e. The molecule has 7 nitrogen and oxygen atoms in total. The summed E-state index contributed by atoms with van der Waals surface area (Å²) < 4.78 is 6.16. The molecule has 3 heterocycles. The van der Waals surface area contributed by atoms with Gasteiger partial charge in [-0.05, 0) is 43.9 Å². The normalized spacial score (nSPS) is 17.6. The first kappa shape index (κ1) is 22.6. The van der Waals surface area contributed by atoms with Crippen LogP contribution in [0.25, 0.3) is 0 Å². The number of hydrogen-bond donors (Lipinski definition) is 1. The standard InChI is InChI=1S/C22H30N6O.HI/c1-23-22(28-15-13-27(14-16-28)20-10-4-5-11-24-20)26-17-18-7-6-12-25-21(18)29-19-8-2-3-9-19;/h4-7,10-12,19H,2-3,8-9,13-17H2,1H3,(H,23,26);1H. The van der Waals surface area contributed by atoms with Crippen LogP contribution in [0.5, 0.6) is 5.88 Å². The monoisotopic (exact) mass is 522 g/mol. The summed E-state index contributed by atoms with van der Waals surface area (Å²) in [5.41, 5.74) is 1.08. The molecule has 1 N–H and O–H groups in total. The second kappa shape index (κ2) is 11.3. The average molecular weight is 522 g/mol. The first-order valence-corrected chi connectivity index (χ1v) is 10.6. The number of rotatable bonds is 5. The van der Waals surface area contributed by atoms with Crippen LogP contribution in [0.2, 0.25) is 0 Å². The van der Waals surface area contributed by atoms with Crippen LogP contribution in [-0.2, 0) is 6.54 Å². The van der Waals surface area contributed by atoms with Gasteiger partial charge in [-0.2, -0.15) is 0 Å². The van der Waals surface area contributed by atoms with E-state index in [1.54, 1.807) is 6.20 Å². The molecule has 2 fully saturated rings. The summed E-state index contributed by atoms with van der Waals surface area (Å²) in [5, 5.41) is 3.50. The Hall–Kier alpha value is -2.10. The van der Waals surface area contributed by atoms with Crippen LogP contribution in [-0.4, -0.2) is 60.2 Å². The molecule has 1 aliphatic heterocycles. The molecule has 1 saturated carbocycles. The lowest BCUT2D eigenvalue weighted by molar-refractivity contribution is 0.199. The molecule has 0 radical (unpaired) electrons. The third-order valence-corrected chi connectivity index (χ3v) is 5.63. The van der Waals surface area contributed by atoms with Crippen LogP contribution in [0, 0.1) is 0 Å². The van der Waals surface area contributed by atoms with Crippen LogP contribution in [0.3, 0.4) is 0 Å². The lowest BCUT2D eigenvalue weighted by Crippen LogP contribution is -2.52. The SMILES string of the molecule is CN=C(NCc1cccnc1OC1CCCC1)N1CCN(c2ccccn2)CC1.I. The van der Waals surface area contributed by atoms with Crippen molar-refractivity contribution in [2.75, 3.05) is 38.1 Å². The summed E-state index contributed by atoms with van der Waals surface area (Å²) >= 11 is 0. The maximum atomic E-state index is 6.16. The predicted octanol–water partition coefficient (Wildman–Crippen LogP) is 3.31. The minimum Gasteiger partial charge on any atom is -0.474 e. The molecule has 4 rings (SSSR count). The Morgan fingerprint density at radius 2 is 1.83 bits per heavy atom. The average Bonchev–Trinajstić information content (AvgIpc) is 3.29. The number of nitrogens with one attached hydrogen (secondary N) is 1. The molecule has 0 atom stereocenters. The number of aromatic nitrogens is 2. The third-order valence-electron chi connectivity index (χ3n) is 5.63. The summed E-state index contributed by atoms with van der Waals surface area (Å²) in [5.74, 6) is 2.71. The molecule has 0 amide bonds. The van der Waals surface area contributed by atoms with Gasteiger partial charge < -0.3 is 19.9 Å². The van der Waals surface area contributed by atoms with Crippen molar-refractivity contribution in [3.63, 3.8) is 0 Å². The van der Waals surface area contributed by atoms with Gasteiger partial charge in [-0.15, -0.1) is 24.0 Å². The number of piperazine rings is 1. The summed E-state index contributed by atoms with van der Waals surface area (Å²) in [4.78, 5) is 18.0. The number of anilines is 1. The molecule has 8 heteroatoms. The van der Waals surface area contributed by atoms with Crippen molar-refractivity contribution in [1.29, 1.82) is 0 Å². The maximum Gasteiger partial charge on any atom is 0.218 e. The molecule has 0 bridgehead atoms. The molecule has 0 spiro atoms. The molecular formula is C22H31IN6O. The zero-order valence-corrected chi connectivity index (χ0v) is 19.9. The fraction of sp³-hybridized carbons (Fsp3) is 0.500. The largest absolute Gasteiger partial charge is 0.474 e. The lowest BCUT2D eigenvalue weighted by Gasteiger charge is -2.37. The van der Waals surface area contributed by atoms with Crippen molar-refractivity contribution < 1.29 is 4.74 Å². The van der Waals surface area contributed by atoms with Gasteiger partial charge in [0.25, 0.3) is 0 Å². The zero-order chi connectivity index (χ0) is 19.9. The first-order chi connectivity index (χ1) is 14.3. The van der Waals surface area contributed by atoms with E-state index in [9.17, 15) is 0 Å². The number of pyridine rings is 2. The highest BCUT2D eigenvalue weighted by Gasteiger charge is 2.21. The van der Waals surface area contributed by atoms with Gasteiger partial charge in [-0.1, -0.05) is 12.1 Å². The summed E-state index contributed by atoms with van der Waals surface area (Å²) in [6.07, 6.45) is 8.73. The number of halogens is 1. The molecule has 0 aromatic carbocycles. The molecule has 1 aliphatic carbocycles. The second-order valence-corrected chi connectivity index (χ2v) is 7.55. The predicted molar refractivity (Wildman–Crippen MR) is 131 cm³/mol. The molecule has 1 saturated heterocycles. The van der Waals surface area contributed by atoms with Crippen LogP contribution < -0.4 is 15.0 Å². The van der Waals surface area contributed by atoms with Crippen molar-refractivity contribution in [2.24, 2.45) is 4.99 Å². The van der Waals surface area contributed by atoms with E-state index in [0.717, 1.165) is 62.2 Å². The van der Waals surface area contributed by atoms with Crippen molar-refractivity contribution in [3.05, 3.63) is 48.3 Å². The van der Waals surface area contributed by atoms with Crippen molar-refractivity contribution in [1.82, 2.24) is 20.2 Å². The Morgan fingerprint density at radius 3 is 2.53 bits per heavy atom. The molecule has 2 aromatic heterocycles. The van der Waals surface area contributed by atoms with Crippen LogP contribution >= 0.6 is 24.0 Å². The first-order valence-electron chi connectivity index (χ1n) is 10.6. The van der Waals surface area contributed by atoms with Gasteiger partial charge >= 0.3 is 0 Å². The summed E-state index contributed by atoms with van der Waals surface area (Å²) in [6, 6.07) is 10.1. The third kappa shape index (κ3) is 5.74.